The molecule has 1 N–H and O–H groups in total. The fourth-order valence-electron chi connectivity index (χ4n) is 3.01. The van der Waals surface area contributed by atoms with E-state index in [1.165, 1.54) is 12.8 Å². The third-order valence-electron chi connectivity index (χ3n) is 3.85. The van der Waals surface area contributed by atoms with Crippen LogP contribution in [0.3, 0.4) is 0 Å². The summed E-state index contributed by atoms with van der Waals surface area (Å²) >= 11 is 0. The molecule has 1 saturated heterocycles. The van der Waals surface area contributed by atoms with Crippen molar-refractivity contribution in [2.75, 3.05) is 13.1 Å². The number of aliphatic carboxylic acids is 1. The Bertz CT molecular complexity index is 269. The maximum absolute atomic E-state index is 11.0. The van der Waals surface area contributed by atoms with Crippen molar-refractivity contribution in [1.29, 1.82) is 0 Å². The van der Waals surface area contributed by atoms with Gasteiger partial charge in [0.05, 0.1) is 6.42 Å². The third-order valence-corrected chi connectivity index (χ3v) is 3.85. The Morgan fingerprint density at radius 3 is 2.69 bits per heavy atom. The van der Waals surface area contributed by atoms with Gasteiger partial charge in [-0.3, -0.25) is 9.69 Å². The molecule has 1 aliphatic carbocycles. The van der Waals surface area contributed by atoms with Crippen LogP contribution in [0, 0.1) is 5.92 Å². The standard InChI is InChI=1S/C13H21NO2/c15-13(16)10-12(14-8-4-5-9-14)11-6-2-1-3-7-11/h1-2,11-12H,3-10H2,(H,15,16). The fraction of sp³-hybridized carbons (Fsp3) is 0.769. The Kier molecular flexibility index (Phi) is 3.99. The molecule has 1 aliphatic heterocycles. The first-order chi connectivity index (χ1) is 7.77. The zero-order valence-electron chi connectivity index (χ0n) is 9.77. The summed E-state index contributed by atoms with van der Waals surface area (Å²) in [5, 5.41) is 9.03. The molecule has 0 aromatic rings. The van der Waals surface area contributed by atoms with Crippen molar-refractivity contribution in [3.05, 3.63) is 12.2 Å². The summed E-state index contributed by atoms with van der Waals surface area (Å²) < 4.78 is 0. The highest BCUT2D eigenvalue weighted by Gasteiger charge is 2.30. The maximum atomic E-state index is 11.0. The molecule has 2 rings (SSSR count). The molecule has 1 fully saturated rings. The molecule has 1 heterocycles. The van der Waals surface area contributed by atoms with E-state index in [4.69, 9.17) is 5.11 Å². The van der Waals surface area contributed by atoms with E-state index in [0.717, 1.165) is 32.4 Å². The second kappa shape index (κ2) is 5.48. The van der Waals surface area contributed by atoms with Crippen LogP contribution in [0.2, 0.25) is 0 Å². The number of rotatable bonds is 4. The summed E-state index contributed by atoms with van der Waals surface area (Å²) in [6.07, 6.45) is 10.6. The van der Waals surface area contributed by atoms with Gasteiger partial charge in [0.25, 0.3) is 0 Å². The van der Waals surface area contributed by atoms with Gasteiger partial charge in [0, 0.05) is 6.04 Å². The van der Waals surface area contributed by atoms with Crippen molar-refractivity contribution in [1.82, 2.24) is 4.90 Å². The Balaban J connectivity index is 2.00. The van der Waals surface area contributed by atoms with Crippen molar-refractivity contribution < 1.29 is 9.90 Å². The summed E-state index contributed by atoms with van der Waals surface area (Å²) in [5.41, 5.74) is 0. The quantitative estimate of drug-likeness (QED) is 0.743. The summed E-state index contributed by atoms with van der Waals surface area (Å²) in [6.45, 7) is 2.19. The van der Waals surface area contributed by atoms with Gasteiger partial charge in [0.1, 0.15) is 0 Å². The predicted molar refractivity (Wildman–Crippen MR) is 63.3 cm³/mol. The van der Waals surface area contributed by atoms with Crippen LogP contribution in [0.5, 0.6) is 0 Å². The van der Waals surface area contributed by atoms with E-state index in [-0.39, 0.29) is 6.04 Å². The van der Waals surface area contributed by atoms with E-state index >= 15 is 0 Å². The fourth-order valence-corrected chi connectivity index (χ4v) is 3.01. The number of carboxylic acids is 1. The van der Waals surface area contributed by atoms with Crippen LogP contribution in [0.1, 0.15) is 38.5 Å². The molecule has 0 amide bonds. The van der Waals surface area contributed by atoms with Crippen LogP contribution in [-0.4, -0.2) is 35.1 Å². The molecule has 2 aliphatic rings. The lowest BCUT2D eigenvalue weighted by molar-refractivity contribution is -0.139. The molecule has 0 aromatic heterocycles. The van der Waals surface area contributed by atoms with Gasteiger partial charge < -0.3 is 5.11 Å². The number of nitrogens with zero attached hydrogens (tertiary/aromatic N) is 1. The first-order valence-corrected chi connectivity index (χ1v) is 6.38. The Morgan fingerprint density at radius 1 is 1.38 bits per heavy atom. The highest BCUT2D eigenvalue weighted by Crippen LogP contribution is 2.29. The van der Waals surface area contributed by atoms with Crippen LogP contribution >= 0.6 is 0 Å². The smallest absolute Gasteiger partial charge is 0.304 e. The molecule has 16 heavy (non-hydrogen) atoms. The van der Waals surface area contributed by atoms with E-state index in [2.05, 4.69) is 17.1 Å². The van der Waals surface area contributed by atoms with Crippen molar-refractivity contribution >= 4 is 5.97 Å². The lowest BCUT2D eigenvalue weighted by atomic mass is 9.85. The largest absolute Gasteiger partial charge is 0.481 e. The van der Waals surface area contributed by atoms with Crippen LogP contribution in [-0.2, 0) is 4.79 Å². The van der Waals surface area contributed by atoms with Gasteiger partial charge in [-0.05, 0) is 51.1 Å². The topological polar surface area (TPSA) is 40.5 Å². The van der Waals surface area contributed by atoms with Crippen molar-refractivity contribution in [3.8, 4) is 0 Å². The zero-order chi connectivity index (χ0) is 11.4. The number of hydrogen-bond acceptors (Lipinski definition) is 2. The first kappa shape index (κ1) is 11.6. The molecule has 3 nitrogen and oxygen atoms in total. The van der Waals surface area contributed by atoms with Crippen molar-refractivity contribution in [2.24, 2.45) is 5.92 Å². The molecular weight excluding hydrogens is 202 g/mol. The van der Waals surface area contributed by atoms with Crippen molar-refractivity contribution in [2.45, 2.75) is 44.6 Å². The van der Waals surface area contributed by atoms with Crippen LogP contribution in [0.4, 0.5) is 0 Å². The normalized spacial score (nSPS) is 28.1. The lowest BCUT2D eigenvalue weighted by Gasteiger charge is -2.34. The van der Waals surface area contributed by atoms with Gasteiger partial charge >= 0.3 is 5.97 Å². The van der Waals surface area contributed by atoms with Crippen molar-refractivity contribution in [3.63, 3.8) is 0 Å². The lowest BCUT2D eigenvalue weighted by Crippen LogP contribution is -2.40. The summed E-state index contributed by atoms with van der Waals surface area (Å²) in [4.78, 5) is 13.4. The Labute approximate surface area is 97.1 Å². The maximum Gasteiger partial charge on any atom is 0.304 e. The summed E-state index contributed by atoms with van der Waals surface area (Å²) in [5.74, 6) is -0.0920. The number of carbonyl (C=O) groups is 1. The summed E-state index contributed by atoms with van der Waals surface area (Å²) in [6, 6.07) is 0.268. The van der Waals surface area contributed by atoms with Gasteiger partial charge in [0.15, 0.2) is 0 Å². The van der Waals surface area contributed by atoms with Crippen LogP contribution in [0.15, 0.2) is 12.2 Å². The molecule has 0 radical (unpaired) electrons. The highest BCUT2D eigenvalue weighted by atomic mass is 16.4. The average Bonchev–Trinajstić information content (AvgIpc) is 2.80. The molecule has 90 valence electrons. The van der Waals surface area contributed by atoms with E-state index < -0.39 is 5.97 Å². The molecule has 0 saturated carbocycles. The van der Waals surface area contributed by atoms with Gasteiger partial charge in [-0.1, -0.05) is 12.2 Å². The van der Waals surface area contributed by atoms with Gasteiger partial charge in [0.2, 0.25) is 0 Å². The number of likely N-dealkylation sites (tertiary alicyclic amines) is 1. The van der Waals surface area contributed by atoms with E-state index in [1.807, 2.05) is 0 Å². The minimum absolute atomic E-state index is 0.268. The second-order valence-electron chi connectivity index (χ2n) is 4.95. The van der Waals surface area contributed by atoms with Crippen LogP contribution < -0.4 is 0 Å². The van der Waals surface area contributed by atoms with Crippen LogP contribution in [0.25, 0.3) is 0 Å². The zero-order valence-corrected chi connectivity index (χ0v) is 9.77. The third kappa shape index (κ3) is 2.85. The minimum atomic E-state index is -0.647. The van der Waals surface area contributed by atoms with Gasteiger partial charge in [-0.2, -0.15) is 0 Å². The highest BCUT2D eigenvalue weighted by molar-refractivity contribution is 5.67. The minimum Gasteiger partial charge on any atom is -0.481 e. The summed E-state index contributed by atoms with van der Waals surface area (Å²) in [7, 11) is 0. The average molecular weight is 223 g/mol. The molecule has 0 spiro atoms. The monoisotopic (exact) mass is 223 g/mol. The number of allylic oxidation sites excluding steroid dienone is 2. The first-order valence-electron chi connectivity index (χ1n) is 6.38. The van der Waals surface area contributed by atoms with Gasteiger partial charge in [-0.15, -0.1) is 0 Å². The van der Waals surface area contributed by atoms with E-state index in [1.54, 1.807) is 0 Å². The second-order valence-corrected chi connectivity index (χ2v) is 4.95. The number of carboxylic acid groups (broad SMARTS) is 1. The van der Waals surface area contributed by atoms with E-state index in [9.17, 15) is 4.79 Å². The Morgan fingerprint density at radius 2 is 2.12 bits per heavy atom. The molecule has 3 heteroatoms. The predicted octanol–water partition coefficient (Wildman–Crippen LogP) is 2.28. The Hall–Kier alpha value is -0.830. The number of hydrogen-bond donors (Lipinski definition) is 1. The van der Waals surface area contributed by atoms with Gasteiger partial charge in [-0.25, -0.2) is 0 Å². The van der Waals surface area contributed by atoms with E-state index in [0.29, 0.717) is 12.3 Å². The molecule has 2 atom stereocenters. The molecule has 0 bridgehead atoms. The molecule has 2 unspecified atom stereocenters. The molecular formula is C13H21NO2. The SMILES string of the molecule is O=C(O)CC(C1CC=CCC1)N1CCCC1. The molecule has 0 aromatic carbocycles.